The zero-order chi connectivity index (χ0) is 26.2. The second-order valence-corrected chi connectivity index (χ2v) is 10.4. The molecule has 2 heterocycles. The Morgan fingerprint density at radius 2 is 1.83 bits per heavy atom. The standard InChI is InChI=1S/C28H26Cl2N2O4/c1-28(2,3)18-8-10-22(36-4)19(13-18)25(33)23-24(17-7-9-20(29)21(30)12-17)32(27(35)26(23)34)15-16-6-5-11-31-14-16/h5-14,24,33H,15H2,1-4H3/b25-23+. The molecule has 0 spiro atoms. The van der Waals surface area contributed by atoms with Crippen molar-refractivity contribution in [1.82, 2.24) is 9.88 Å². The first-order valence-electron chi connectivity index (χ1n) is 11.3. The number of carbonyl (C=O) groups is 2. The van der Waals surface area contributed by atoms with Gasteiger partial charge in [0.25, 0.3) is 11.7 Å². The Kier molecular flexibility index (Phi) is 7.12. The highest BCUT2D eigenvalue weighted by Gasteiger charge is 2.46. The molecule has 1 N–H and O–H groups in total. The van der Waals surface area contributed by atoms with Crippen LogP contribution in [0.1, 0.15) is 49.1 Å². The van der Waals surface area contributed by atoms with E-state index < -0.39 is 17.7 Å². The fourth-order valence-corrected chi connectivity index (χ4v) is 4.57. The number of aromatic nitrogens is 1. The predicted molar refractivity (Wildman–Crippen MR) is 140 cm³/mol. The first-order chi connectivity index (χ1) is 17.0. The van der Waals surface area contributed by atoms with Crippen molar-refractivity contribution in [2.45, 2.75) is 38.8 Å². The number of hydrogen-bond acceptors (Lipinski definition) is 5. The third-order valence-corrected chi connectivity index (χ3v) is 6.93. The second-order valence-electron chi connectivity index (χ2n) is 9.63. The van der Waals surface area contributed by atoms with Crippen molar-refractivity contribution >= 4 is 40.7 Å². The maximum Gasteiger partial charge on any atom is 0.295 e. The Labute approximate surface area is 220 Å². The van der Waals surface area contributed by atoms with E-state index in [0.29, 0.717) is 21.9 Å². The molecule has 1 aromatic heterocycles. The molecular formula is C28H26Cl2N2O4. The molecule has 3 aromatic rings. The number of aliphatic hydroxyl groups is 1. The van der Waals surface area contributed by atoms with Gasteiger partial charge >= 0.3 is 0 Å². The molecule has 1 aliphatic rings. The van der Waals surface area contributed by atoms with Crippen molar-refractivity contribution in [1.29, 1.82) is 0 Å². The van der Waals surface area contributed by atoms with E-state index in [0.717, 1.165) is 11.1 Å². The molecule has 1 saturated heterocycles. The fourth-order valence-electron chi connectivity index (χ4n) is 4.27. The number of ketones is 1. The summed E-state index contributed by atoms with van der Waals surface area (Å²) < 4.78 is 5.50. The average Bonchev–Trinajstić information content (AvgIpc) is 3.10. The summed E-state index contributed by atoms with van der Waals surface area (Å²) in [6.45, 7) is 6.24. The van der Waals surface area contributed by atoms with E-state index in [2.05, 4.69) is 4.98 Å². The van der Waals surface area contributed by atoms with Gasteiger partial charge in [-0.25, -0.2) is 0 Å². The van der Waals surface area contributed by atoms with Crippen molar-refractivity contribution in [2.24, 2.45) is 0 Å². The Morgan fingerprint density at radius 1 is 1.08 bits per heavy atom. The van der Waals surface area contributed by atoms with Crippen LogP contribution >= 0.6 is 23.2 Å². The van der Waals surface area contributed by atoms with Crippen LogP contribution in [0.4, 0.5) is 0 Å². The van der Waals surface area contributed by atoms with E-state index in [1.165, 1.54) is 12.0 Å². The van der Waals surface area contributed by atoms with Crippen molar-refractivity contribution < 1.29 is 19.4 Å². The monoisotopic (exact) mass is 524 g/mol. The highest BCUT2D eigenvalue weighted by Crippen LogP contribution is 2.43. The number of methoxy groups -OCH3 is 1. The number of likely N-dealkylation sites (tertiary alicyclic amines) is 1. The van der Waals surface area contributed by atoms with Gasteiger partial charge in [0.2, 0.25) is 0 Å². The van der Waals surface area contributed by atoms with Crippen LogP contribution in [0.2, 0.25) is 10.0 Å². The number of amides is 1. The first kappa shape index (κ1) is 25.7. The summed E-state index contributed by atoms with van der Waals surface area (Å²) in [5.41, 5.74) is 2.26. The van der Waals surface area contributed by atoms with E-state index >= 15 is 0 Å². The van der Waals surface area contributed by atoms with Crippen LogP contribution in [0.3, 0.4) is 0 Å². The maximum absolute atomic E-state index is 13.4. The minimum Gasteiger partial charge on any atom is -0.507 e. The normalized spacial score (nSPS) is 17.5. The van der Waals surface area contributed by atoms with Crippen LogP contribution in [0.15, 0.2) is 66.5 Å². The summed E-state index contributed by atoms with van der Waals surface area (Å²) in [5, 5.41) is 12.2. The smallest absolute Gasteiger partial charge is 0.295 e. The van der Waals surface area contributed by atoms with E-state index in [1.54, 1.807) is 48.8 Å². The van der Waals surface area contributed by atoms with E-state index in [9.17, 15) is 14.7 Å². The van der Waals surface area contributed by atoms with E-state index in [4.69, 9.17) is 27.9 Å². The predicted octanol–water partition coefficient (Wildman–Crippen LogP) is 6.32. The molecule has 8 heteroatoms. The summed E-state index contributed by atoms with van der Waals surface area (Å²) >= 11 is 12.4. The molecule has 4 rings (SSSR count). The number of halogens is 2. The third-order valence-electron chi connectivity index (χ3n) is 6.20. The van der Waals surface area contributed by atoms with Gasteiger partial charge in [-0.05, 0) is 52.4 Å². The third kappa shape index (κ3) is 4.84. The van der Waals surface area contributed by atoms with Crippen LogP contribution in [0, 0.1) is 0 Å². The lowest BCUT2D eigenvalue weighted by molar-refractivity contribution is -0.140. The van der Waals surface area contributed by atoms with Gasteiger partial charge in [0.1, 0.15) is 11.5 Å². The minimum absolute atomic E-state index is 0.0494. The number of carbonyl (C=O) groups excluding carboxylic acids is 2. The van der Waals surface area contributed by atoms with Gasteiger partial charge in [0.15, 0.2) is 0 Å². The molecule has 186 valence electrons. The molecule has 0 saturated carbocycles. The van der Waals surface area contributed by atoms with Crippen LogP contribution in [-0.2, 0) is 21.5 Å². The SMILES string of the molecule is COc1ccc(C(C)(C)C)cc1/C(O)=C1\C(=O)C(=O)N(Cc2cccnc2)C1c1ccc(Cl)c(Cl)c1. The van der Waals surface area contributed by atoms with Crippen LogP contribution in [0.5, 0.6) is 5.75 Å². The molecule has 1 amide bonds. The number of rotatable bonds is 5. The number of hydrogen-bond donors (Lipinski definition) is 1. The lowest BCUT2D eigenvalue weighted by Gasteiger charge is -2.26. The van der Waals surface area contributed by atoms with Crippen molar-refractivity contribution in [3.05, 3.63) is 98.8 Å². The van der Waals surface area contributed by atoms with Gasteiger partial charge < -0.3 is 14.7 Å². The van der Waals surface area contributed by atoms with Crippen molar-refractivity contribution in [2.75, 3.05) is 7.11 Å². The quantitative estimate of drug-likeness (QED) is 0.240. The van der Waals surface area contributed by atoms with Gasteiger partial charge in [0.05, 0.1) is 34.3 Å². The zero-order valence-corrected chi connectivity index (χ0v) is 21.9. The Balaban J connectivity index is 1.95. The van der Waals surface area contributed by atoms with Crippen molar-refractivity contribution in [3.63, 3.8) is 0 Å². The molecule has 1 aliphatic heterocycles. The topological polar surface area (TPSA) is 79.7 Å². The molecule has 0 radical (unpaired) electrons. The largest absolute Gasteiger partial charge is 0.507 e. The highest BCUT2D eigenvalue weighted by molar-refractivity contribution is 6.46. The number of nitrogens with zero attached hydrogens (tertiary/aromatic N) is 2. The first-order valence-corrected chi connectivity index (χ1v) is 12.1. The fraction of sp³-hybridized carbons (Fsp3) is 0.250. The average molecular weight is 525 g/mol. The summed E-state index contributed by atoms with van der Waals surface area (Å²) in [4.78, 5) is 32.2. The lowest BCUT2D eigenvalue weighted by Crippen LogP contribution is -2.29. The number of ether oxygens (including phenoxy) is 1. The highest BCUT2D eigenvalue weighted by atomic mass is 35.5. The van der Waals surface area contributed by atoms with Crippen molar-refractivity contribution in [3.8, 4) is 5.75 Å². The van der Waals surface area contributed by atoms with Gasteiger partial charge in [-0.3, -0.25) is 14.6 Å². The van der Waals surface area contributed by atoms with E-state index in [-0.39, 0.29) is 28.3 Å². The summed E-state index contributed by atoms with van der Waals surface area (Å²) in [7, 11) is 1.49. The van der Waals surface area contributed by atoms with Crippen LogP contribution in [0.25, 0.3) is 5.76 Å². The number of pyridine rings is 1. The van der Waals surface area contributed by atoms with Gasteiger partial charge in [0, 0.05) is 18.9 Å². The molecule has 2 aromatic carbocycles. The van der Waals surface area contributed by atoms with Gasteiger partial charge in [-0.15, -0.1) is 0 Å². The van der Waals surface area contributed by atoms with Crippen LogP contribution < -0.4 is 4.74 Å². The molecule has 1 atom stereocenters. The lowest BCUT2D eigenvalue weighted by atomic mass is 9.85. The molecule has 0 bridgehead atoms. The molecule has 0 aliphatic carbocycles. The molecule has 1 unspecified atom stereocenters. The molecule has 1 fully saturated rings. The summed E-state index contributed by atoms with van der Waals surface area (Å²) in [5.74, 6) is -1.47. The number of Topliss-reactive ketones (excluding diaryl/α,β-unsaturated/α-hetero) is 1. The van der Waals surface area contributed by atoms with E-state index in [1.807, 2.05) is 32.9 Å². The Bertz CT molecular complexity index is 1360. The van der Waals surface area contributed by atoms with Crippen LogP contribution in [-0.4, -0.2) is 33.8 Å². The van der Waals surface area contributed by atoms with Gasteiger partial charge in [-0.1, -0.05) is 62.2 Å². The summed E-state index contributed by atoms with van der Waals surface area (Å²) in [6, 6.07) is 13.0. The molecule has 36 heavy (non-hydrogen) atoms. The maximum atomic E-state index is 13.4. The zero-order valence-electron chi connectivity index (χ0n) is 20.4. The Morgan fingerprint density at radius 3 is 2.44 bits per heavy atom. The minimum atomic E-state index is -0.900. The summed E-state index contributed by atoms with van der Waals surface area (Å²) in [6.07, 6.45) is 3.25. The molecule has 6 nitrogen and oxygen atoms in total. The Hall–Kier alpha value is -3.35. The molecular weight excluding hydrogens is 499 g/mol. The van der Waals surface area contributed by atoms with Gasteiger partial charge in [-0.2, -0.15) is 0 Å². The number of benzene rings is 2. The number of aliphatic hydroxyl groups excluding tert-OH is 1. The second kappa shape index (κ2) is 9.96.